The lowest BCUT2D eigenvalue weighted by atomic mass is 10.0. The molecule has 3 fully saturated rings. The molecule has 1 aliphatic carbocycles. The highest BCUT2D eigenvalue weighted by Crippen LogP contribution is 2.44. The van der Waals surface area contributed by atoms with Gasteiger partial charge in [0.2, 0.25) is 0 Å². The molecule has 0 spiro atoms. The van der Waals surface area contributed by atoms with Gasteiger partial charge in [-0.05, 0) is 0 Å². The number of amides is 1. The molecule has 1 amide bonds. The molecule has 0 aromatic heterocycles. The molecule has 2 unspecified atom stereocenters. The summed E-state index contributed by atoms with van der Waals surface area (Å²) in [6.07, 6.45) is 0.647. The van der Waals surface area contributed by atoms with Crippen LogP contribution in [0.25, 0.3) is 0 Å². The second kappa shape index (κ2) is 3.68. The van der Waals surface area contributed by atoms with Crippen molar-refractivity contribution >= 4 is 5.91 Å². The van der Waals surface area contributed by atoms with Crippen LogP contribution < -0.4 is 5.32 Å². The molecule has 4 atom stereocenters. The second-order valence-electron chi connectivity index (χ2n) is 4.87. The third kappa shape index (κ3) is 1.46. The Hall–Kier alpha value is -0.650. The second-order valence-corrected chi connectivity index (χ2v) is 4.87. The Bertz CT molecular complexity index is 290. The maximum Gasteiger partial charge on any atom is 0.254 e. The van der Waals surface area contributed by atoms with Crippen molar-refractivity contribution in [1.82, 2.24) is 5.32 Å². The zero-order valence-electron chi connectivity index (χ0n) is 9.40. The molecule has 16 heavy (non-hydrogen) atoms. The molecule has 3 aliphatic rings. The first kappa shape index (κ1) is 10.5. The SMILES string of the molecule is COC1(C(=O)NC2[C@H]3COC[C@@H]23)CCOC1. The summed E-state index contributed by atoms with van der Waals surface area (Å²) in [7, 11) is 1.57. The maximum absolute atomic E-state index is 12.1. The average Bonchev–Trinajstić information content (AvgIpc) is 2.82. The molecule has 5 nitrogen and oxygen atoms in total. The van der Waals surface area contributed by atoms with E-state index in [1.54, 1.807) is 7.11 Å². The van der Waals surface area contributed by atoms with E-state index in [0.717, 1.165) is 13.2 Å². The Morgan fingerprint density at radius 3 is 2.69 bits per heavy atom. The Balaban J connectivity index is 1.60. The lowest BCUT2D eigenvalue weighted by Gasteiger charge is -2.24. The molecule has 0 aromatic rings. The Labute approximate surface area is 94.4 Å². The maximum atomic E-state index is 12.1. The van der Waals surface area contributed by atoms with Crippen LogP contribution in [0.15, 0.2) is 0 Å². The Morgan fingerprint density at radius 1 is 1.38 bits per heavy atom. The number of carbonyl (C=O) groups excluding carboxylic acids is 1. The number of methoxy groups -OCH3 is 1. The van der Waals surface area contributed by atoms with E-state index in [1.807, 2.05) is 0 Å². The van der Waals surface area contributed by atoms with Gasteiger partial charge in [0.05, 0.1) is 26.4 Å². The molecule has 1 saturated carbocycles. The summed E-state index contributed by atoms with van der Waals surface area (Å²) < 4.78 is 15.9. The molecule has 2 aliphatic heterocycles. The van der Waals surface area contributed by atoms with Gasteiger partial charge in [0.15, 0.2) is 5.60 Å². The van der Waals surface area contributed by atoms with E-state index in [0.29, 0.717) is 37.5 Å². The molecule has 0 bridgehead atoms. The van der Waals surface area contributed by atoms with Crippen LogP contribution in [0, 0.1) is 11.8 Å². The van der Waals surface area contributed by atoms with E-state index in [9.17, 15) is 4.79 Å². The number of fused-ring (bicyclic) bond motifs is 1. The van der Waals surface area contributed by atoms with Crippen LogP contribution in [0.5, 0.6) is 0 Å². The van der Waals surface area contributed by atoms with Gasteiger partial charge in [0.25, 0.3) is 5.91 Å². The molecule has 5 heteroatoms. The molecule has 1 N–H and O–H groups in total. The van der Waals surface area contributed by atoms with Gasteiger partial charge in [0, 0.05) is 31.4 Å². The van der Waals surface area contributed by atoms with Crippen molar-refractivity contribution < 1.29 is 19.0 Å². The summed E-state index contributed by atoms with van der Waals surface area (Å²) >= 11 is 0. The summed E-state index contributed by atoms with van der Waals surface area (Å²) in [5, 5.41) is 3.07. The fraction of sp³-hybridized carbons (Fsp3) is 0.909. The minimum atomic E-state index is -0.752. The van der Waals surface area contributed by atoms with Crippen LogP contribution in [-0.2, 0) is 19.0 Å². The number of carbonyl (C=O) groups is 1. The number of hydrogen-bond donors (Lipinski definition) is 1. The molecule has 2 saturated heterocycles. The smallest absolute Gasteiger partial charge is 0.254 e. The third-order valence-corrected chi connectivity index (χ3v) is 4.04. The predicted molar refractivity (Wildman–Crippen MR) is 54.9 cm³/mol. The van der Waals surface area contributed by atoms with E-state index < -0.39 is 5.60 Å². The van der Waals surface area contributed by atoms with Crippen molar-refractivity contribution in [2.24, 2.45) is 11.8 Å². The van der Waals surface area contributed by atoms with Gasteiger partial charge in [-0.1, -0.05) is 0 Å². The summed E-state index contributed by atoms with van der Waals surface area (Å²) in [5.74, 6) is 1.03. The van der Waals surface area contributed by atoms with Crippen molar-refractivity contribution in [1.29, 1.82) is 0 Å². The topological polar surface area (TPSA) is 56.8 Å². The van der Waals surface area contributed by atoms with Crippen molar-refractivity contribution in [2.45, 2.75) is 18.1 Å². The summed E-state index contributed by atoms with van der Waals surface area (Å²) in [6.45, 7) is 2.54. The number of hydrogen-bond acceptors (Lipinski definition) is 4. The molecule has 2 heterocycles. The lowest BCUT2D eigenvalue weighted by molar-refractivity contribution is -0.143. The third-order valence-electron chi connectivity index (χ3n) is 4.04. The predicted octanol–water partition coefficient (Wildman–Crippen LogP) is -0.447. The van der Waals surface area contributed by atoms with Gasteiger partial charge in [-0.3, -0.25) is 4.79 Å². The number of nitrogens with one attached hydrogen (secondary N) is 1. The Kier molecular flexibility index (Phi) is 2.42. The fourth-order valence-electron chi connectivity index (χ4n) is 2.72. The van der Waals surface area contributed by atoms with Gasteiger partial charge in [-0.2, -0.15) is 0 Å². The molecule has 90 valence electrons. The van der Waals surface area contributed by atoms with Crippen molar-refractivity contribution in [3.8, 4) is 0 Å². The van der Waals surface area contributed by atoms with E-state index in [2.05, 4.69) is 5.32 Å². The van der Waals surface area contributed by atoms with Crippen molar-refractivity contribution in [3.63, 3.8) is 0 Å². The first-order chi connectivity index (χ1) is 7.77. The summed E-state index contributed by atoms with van der Waals surface area (Å²) in [6, 6.07) is 0.300. The first-order valence-corrected chi connectivity index (χ1v) is 5.78. The fourth-order valence-corrected chi connectivity index (χ4v) is 2.72. The molecule has 3 rings (SSSR count). The number of ether oxygens (including phenoxy) is 3. The van der Waals surface area contributed by atoms with Crippen LogP contribution in [0.2, 0.25) is 0 Å². The van der Waals surface area contributed by atoms with E-state index >= 15 is 0 Å². The zero-order valence-corrected chi connectivity index (χ0v) is 9.40. The summed E-state index contributed by atoms with van der Waals surface area (Å²) in [4.78, 5) is 12.1. The van der Waals surface area contributed by atoms with E-state index in [-0.39, 0.29) is 5.91 Å². The molecule has 0 radical (unpaired) electrons. The first-order valence-electron chi connectivity index (χ1n) is 5.78. The van der Waals surface area contributed by atoms with Gasteiger partial charge in [0.1, 0.15) is 0 Å². The van der Waals surface area contributed by atoms with Crippen LogP contribution in [0.3, 0.4) is 0 Å². The standard InChI is InChI=1S/C11H17NO4/c1-14-11(2-3-15-6-11)10(13)12-9-7-4-16-5-8(7)9/h7-9H,2-6H2,1H3,(H,12,13)/t7-,8+,9?,11?. The zero-order chi connectivity index (χ0) is 11.2. The number of rotatable bonds is 3. The highest BCUT2D eigenvalue weighted by Gasteiger charge is 2.56. The highest BCUT2D eigenvalue weighted by molar-refractivity contribution is 5.86. The van der Waals surface area contributed by atoms with Crippen molar-refractivity contribution in [2.75, 3.05) is 33.5 Å². The molecule has 0 aromatic carbocycles. The minimum absolute atomic E-state index is 0.0214. The van der Waals surface area contributed by atoms with E-state index in [1.165, 1.54) is 0 Å². The van der Waals surface area contributed by atoms with Crippen LogP contribution in [0.1, 0.15) is 6.42 Å². The average molecular weight is 227 g/mol. The van der Waals surface area contributed by atoms with E-state index in [4.69, 9.17) is 14.2 Å². The lowest BCUT2D eigenvalue weighted by Crippen LogP contribution is -2.50. The van der Waals surface area contributed by atoms with Crippen LogP contribution in [0.4, 0.5) is 0 Å². The van der Waals surface area contributed by atoms with Gasteiger partial charge in [-0.15, -0.1) is 0 Å². The van der Waals surface area contributed by atoms with Gasteiger partial charge < -0.3 is 19.5 Å². The normalized spacial score (nSPS) is 45.4. The molecular formula is C11H17NO4. The molecular weight excluding hydrogens is 210 g/mol. The highest BCUT2D eigenvalue weighted by atomic mass is 16.6. The van der Waals surface area contributed by atoms with Gasteiger partial charge >= 0.3 is 0 Å². The van der Waals surface area contributed by atoms with Crippen molar-refractivity contribution in [3.05, 3.63) is 0 Å². The van der Waals surface area contributed by atoms with Gasteiger partial charge in [-0.25, -0.2) is 0 Å². The quantitative estimate of drug-likeness (QED) is 0.709. The Morgan fingerprint density at radius 2 is 2.12 bits per heavy atom. The van der Waals surface area contributed by atoms with Crippen LogP contribution in [-0.4, -0.2) is 51.1 Å². The largest absolute Gasteiger partial charge is 0.381 e. The monoisotopic (exact) mass is 227 g/mol. The minimum Gasteiger partial charge on any atom is -0.381 e. The summed E-state index contributed by atoms with van der Waals surface area (Å²) in [5.41, 5.74) is -0.752. The van der Waals surface area contributed by atoms with Crippen LogP contribution >= 0.6 is 0 Å².